The predicted octanol–water partition coefficient (Wildman–Crippen LogP) is 3.16. The van der Waals surface area contributed by atoms with Crippen molar-refractivity contribution in [2.45, 2.75) is 19.4 Å². The molecule has 0 amide bonds. The van der Waals surface area contributed by atoms with Crippen LogP contribution in [0.1, 0.15) is 24.2 Å². The van der Waals surface area contributed by atoms with Crippen molar-refractivity contribution in [1.82, 2.24) is 15.3 Å². The molecule has 0 saturated carbocycles. The molecule has 1 aromatic heterocycles. The van der Waals surface area contributed by atoms with Gasteiger partial charge in [-0.15, -0.1) is 0 Å². The van der Waals surface area contributed by atoms with Gasteiger partial charge in [0.05, 0.1) is 16.8 Å². The molecule has 0 aliphatic carbocycles. The zero-order chi connectivity index (χ0) is 13.7. The number of aromatic nitrogens is 2. The first kappa shape index (κ1) is 13.9. The second-order valence-corrected chi connectivity index (χ2v) is 4.56. The number of rotatable bonds is 5. The van der Waals surface area contributed by atoms with E-state index < -0.39 is 0 Å². The Morgan fingerprint density at radius 3 is 2.89 bits per heavy atom. The smallest absolute Gasteiger partial charge is 0.145 e. The van der Waals surface area contributed by atoms with Crippen molar-refractivity contribution in [3.05, 3.63) is 58.9 Å². The molecule has 0 aliphatic heterocycles. The van der Waals surface area contributed by atoms with Gasteiger partial charge in [-0.25, -0.2) is 4.39 Å². The Labute approximate surface area is 116 Å². The number of likely N-dealkylation sites (N-methyl/N-ethyl adjacent to an activating group) is 1. The van der Waals surface area contributed by atoms with Crippen LogP contribution in [0.3, 0.4) is 0 Å². The molecule has 0 saturated heterocycles. The number of hydrogen-bond acceptors (Lipinski definition) is 3. The van der Waals surface area contributed by atoms with Crippen molar-refractivity contribution in [3.63, 3.8) is 0 Å². The monoisotopic (exact) mass is 279 g/mol. The fourth-order valence-electron chi connectivity index (χ4n) is 1.94. The molecule has 100 valence electrons. The molecular weight excluding hydrogens is 265 g/mol. The Hall–Kier alpha value is -1.52. The Kier molecular flexibility index (Phi) is 4.82. The van der Waals surface area contributed by atoms with Crippen LogP contribution in [-0.4, -0.2) is 16.5 Å². The summed E-state index contributed by atoms with van der Waals surface area (Å²) >= 11 is 5.80. The van der Waals surface area contributed by atoms with Gasteiger partial charge in [-0.1, -0.05) is 30.7 Å². The molecule has 1 N–H and O–H groups in total. The van der Waals surface area contributed by atoms with Crippen molar-refractivity contribution >= 4 is 11.6 Å². The molecule has 2 rings (SSSR count). The lowest BCUT2D eigenvalue weighted by Crippen LogP contribution is -2.24. The zero-order valence-electron chi connectivity index (χ0n) is 10.6. The van der Waals surface area contributed by atoms with E-state index in [1.54, 1.807) is 36.8 Å². The van der Waals surface area contributed by atoms with E-state index in [0.717, 1.165) is 12.2 Å². The summed E-state index contributed by atoms with van der Waals surface area (Å²) in [5.41, 5.74) is 1.37. The van der Waals surface area contributed by atoms with Gasteiger partial charge in [0.1, 0.15) is 5.82 Å². The molecular formula is C14H15ClFN3. The molecule has 5 heteroatoms. The first-order chi connectivity index (χ1) is 9.22. The highest BCUT2D eigenvalue weighted by molar-refractivity contribution is 6.30. The van der Waals surface area contributed by atoms with Gasteiger partial charge < -0.3 is 5.32 Å². The normalized spacial score (nSPS) is 12.4. The molecule has 19 heavy (non-hydrogen) atoms. The minimum absolute atomic E-state index is 0.0772. The molecule has 1 unspecified atom stereocenters. The van der Waals surface area contributed by atoms with Gasteiger partial charge in [-0.3, -0.25) is 9.97 Å². The minimum Gasteiger partial charge on any atom is -0.309 e. The Bertz CT molecular complexity index is 533. The fraction of sp³-hybridized carbons (Fsp3) is 0.286. The highest BCUT2D eigenvalue weighted by Crippen LogP contribution is 2.22. The van der Waals surface area contributed by atoms with Gasteiger partial charge in [0.25, 0.3) is 0 Å². The maximum Gasteiger partial charge on any atom is 0.145 e. The lowest BCUT2D eigenvalue weighted by molar-refractivity contribution is 0.516. The third kappa shape index (κ3) is 3.49. The van der Waals surface area contributed by atoms with E-state index in [9.17, 15) is 4.39 Å². The Morgan fingerprint density at radius 2 is 2.21 bits per heavy atom. The maximum atomic E-state index is 13.9. The maximum absolute atomic E-state index is 13.9. The van der Waals surface area contributed by atoms with Crippen LogP contribution in [0.4, 0.5) is 4.39 Å². The van der Waals surface area contributed by atoms with E-state index in [4.69, 9.17) is 11.6 Å². The van der Waals surface area contributed by atoms with Crippen LogP contribution in [0, 0.1) is 5.82 Å². The highest BCUT2D eigenvalue weighted by atomic mass is 35.5. The third-order valence-corrected chi connectivity index (χ3v) is 3.14. The van der Waals surface area contributed by atoms with Gasteiger partial charge in [0.2, 0.25) is 0 Å². The summed E-state index contributed by atoms with van der Waals surface area (Å²) in [5, 5.41) is 3.43. The molecule has 0 aliphatic rings. The number of nitrogens with zero attached hydrogens (tertiary/aromatic N) is 2. The van der Waals surface area contributed by atoms with Gasteiger partial charge in [-0.05, 0) is 24.6 Å². The second-order valence-electron chi connectivity index (χ2n) is 4.16. The van der Waals surface area contributed by atoms with Gasteiger partial charge in [0, 0.05) is 18.6 Å². The predicted molar refractivity (Wildman–Crippen MR) is 73.6 cm³/mol. The summed E-state index contributed by atoms with van der Waals surface area (Å²) in [6.07, 6.45) is 5.43. The molecule has 1 atom stereocenters. The number of halogens is 2. The summed E-state index contributed by atoms with van der Waals surface area (Å²) in [5.74, 6) is -0.365. The van der Waals surface area contributed by atoms with E-state index in [1.165, 1.54) is 0 Å². The SMILES string of the molecule is CCNC(Cc1cccc(Cl)c1F)c1cnccn1. The number of hydrogen-bond donors (Lipinski definition) is 1. The van der Waals surface area contributed by atoms with Crippen molar-refractivity contribution in [2.75, 3.05) is 6.54 Å². The van der Waals surface area contributed by atoms with Crippen LogP contribution >= 0.6 is 11.6 Å². The highest BCUT2D eigenvalue weighted by Gasteiger charge is 2.16. The largest absolute Gasteiger partial charge is 0.309 e. The molecule has 1 heterocycles. The van der Waals surface area contributed by atoms with Crippen molar-refractivity contribution in [3.8, 4) is 0 Å². The summed E-state index contributed by atoms with van der Waals surface area (Å²) in [4.78, 5) is 8.31. The van der Waals surface area contributed by atoms with Crippen molar-refractivity contribution in [2.24, 2.45) is 0 Å². The topological polar surface area (TPSA) is 37.8 Å². The summed E-state index contributed by atoms with van der Waals surface area (Å²) in [6.45, 7) is 2.77. The number of nitrogens with one attached hydrogen (secondary N) is 1. The van der Waals surface area contributed by atoms with Crippen LogP contribution in [-0.2, 0) is 6.42 Å². The number of benzene rings is 1. The van der Waals surface area contributed by atoms with E-state index >= 15 is 0 Å². The molecule has 0 fully saturated rings. The van der Waals surface area contributed by atoms with Gasteiger partial charge in [-0.2, -0.15) is 0 Å². The van der Waals surface area contributed by atoms with Gasteiger partial charge >= 0.3 is 0 Å². The first-order valence-electron chi connectivity index (χ1n) is 6.14. The van der Waals surface area contributed by atoms with E-state index in [-0.39, 0.29) is 16.9 Å². The average Bonchev–Trinajstić information content (AvgIpc) is 2.44. The van der Waals surface area contributed by atoms with Crippen LogP contribution in [0.15, 0.2) is 36.8 Å². The summed E-state index contributed by atoms with van der Waals surface area (Å²) < 4.78 is 13.9. The molecule has 1 aromatic carbocycles. The quantitative estimate of drug-likeness (QED) is 0.914. The standard InChI is InChI=1S/C14H15ClFN3/c1-2-18-12(13-9-17-6-7-19-13)8-10-4-3-5-11(15)14(10)16/h3-7,9,12,18H,2,8H2,1H3. The van der Waals surface area contributed by atoms with Gasteiger partial charge in [0.15, 0.2) is 0 Å². The van der Waals surface area contributed by atoms with Crippen molar-refractivity contribution < 1.29 is 4.39 Å². The summed E-state index contributed by atoms with van der Waals surface area (Å²) in [6, 6.07) is 4.96. The molecule has 2 aromatic rings. The molecule has 0 spiro atoms. The van der Waals surface area contributed by atoms with Crippen LogP contribution in [0.2, 0.25) is 5.02 Å². The minimum atomic E-state index is -0.365. The summed E-state index contributed by atoms with van der Waals surface area (Å²) in [7, 11) is 0. The lowest BCUT2D eigenvalue weighted by Gasteiger charge is -2.17. The van der Waals surface area contributed by atoms with E-state index in [1.807, 2.05) is 6.92 Å². The molecule has 0 bridgehead atoms. The fourth-order valence-corrected chi connectivity index (χ4v) is 2.14. The average molecular weight is 280 g/mol. The van der Waals surface area contributed by atoms with E-state index in [0.29, 0.717) is 12.0 Å². The Morgan fingerprint density at radius 1 is 1.37 bits per heavy atom. The molecule has 0 radical (unpaired) electrons. The third-order valence-electron chi connectivity index (χ3n) is 2.85. The van der Waals surface area contributed by atoms with E-state index in [2.05, 4.69) is 15.3 Å². The lowest BCUT2D eigenvalue weighted by atomic mass is 10.0. The van der Waals surface area contributed by atoms with Crippen molar-refractivity contribution in [1.29, 1.82) is 0 Å². The second kappa shape index (κ2) is 6.59. The first-order valence-corrected chi connectivity index (χ1v) is 6.52. The van der Waals surface area contributed by atoms with Crippen LogP contribution in [0.5, 0.6) is 0 Å². The zero-order valence-corrected chi connectivity index (χ0v) is 11.4. The van der Waals surface area contributed by atoms with Crippen LogP contribution < -0.4 is 5.32 Å². The Balaban J connectivity index is 2.24. The van der Waals surface area contributed by atoms with Crippen LogP contribution in [0.25, 0.3) is 0 Å². The molecule has 3 nitrogen and oxygen atoms in total.